The average molecular weight is 442 g/mol. The summed E-state index contributed by atoms with van der Waals surface area (Å²) in [6, 6.07) is 23.7. The lowest BCUT2D eigenvalue weighted by atomic mass is 10.1. The number of amides is 3. The summed E-state index contributed by atoms with van der Waals surface area (Å²) < 4.78 is 0. The van der Waals surface area contributed by atoms with Crippen LogP contribution in [-0.4, -0.2) is 29.2 Å². The molecule has 0 unspecified atom stereocenters. The summed E-state index contributed by atoms with van der Waals surface area (Å²) in [5.74, 6) is -0.378. The number of nitrogens with zero attached hydrogens (tertiary/aromatic N) is 1. The van der Waals surface area contributed by atoms with E-state index in [4.69, 9.17) is 0 Å². The molecule has 1 fully saturated rings. The van der Waals surface area contributed by atoms with E-state index >= 15 is 0 Å². The Morgan fingerprint density at radius 3 is 2.30 bits per heavy atom. The molecule has 168 valence electrons. The van der Waals surface area contributed by atoms with Crippen LogP contribution in [0.25, 0.3) is 0 Å². The van der Waals surface area contributed by atoms with Crippen molar-refractivity contribution in [2.24, 2.45) is 0 Å². The predicted molar refractivity (Wildman–Crippen MR) is 128 cm³/mol. The molecule has 3 amide bonds. The quantitative estimate of drug-likeness (QED) is 0.565. The monoisotopic (exact) mass is 441 g/mol. The van der Waals surface area contributed by atoms with Crippen molar-refractivity contribution in [1.29, 1.82) is 0 Å². The number of hydrogen-bond acceptors (Lipinski definition) is 3. The van der Waals surface area contributed by atoms with Gasteiger partial charge in [-0.2, -0.15) is 0 Å². The highest BCUT2D eigenvalue weighted by molar-refractivity contribution is 6.09. The maximum Gasteiger partial charge on any atom is 0.255 e. The maximum absolute atomic E-state index is 12.9. The van der Waals surface area contributed by atoms with Gasteiger partial charge in [-0.25, -0.2) is 0 Å². The fraction of sp³-hybridized carbons (Fsp3) is 0.222. The van der Waals surface area contributed by atoms with Crippen LogP contribution in [0.5, 0.6) is 0 Å². The summed E-state index contributed by atoms with van der Waals surface area (Å²) in [7, 11) is 0. The van der Waals surface area contributed by atoms with Crippen LogP contribution in [0.3, 0.4) is 0 Å². The van der Waals surface area contributed by atoms with Crippen molar-refractivity contribution in [3.05, 3.63) is 101 Å². The Balaban J connectivity index is 1.42. The Labute approximate surface area is 193 Å². The molecule has 6 heteroatoms. The molecule has 1 aliphatic rings. The molecule has 0 aliphatic carbocycles. The summed E-state index contributed by atoms with van der Waals surface area (Å²) in [4.78, 5) is 39.4. The summed E-state index contributed by atoms with van der Waals surface area (Å²) in [5.41, 5.74) is 3.32. The van der Waals surface area contributed by atoms with E-state index in [9.17, 15) is 14.4 Å². The number of nitrogens with one attached hydrogen (secondary N) is 2. The first-order chi connectivity index (χ1) is 16.0. The summed E-state index contributed by atoms with van der Waals surface area (Å²) in [6.07, 6.45) is 1.51. The second-order valence-corrected chi connectivity index (χ2v) is 8.22. The van der Waals surface area contributed by atoms with E-state index in [2.05, 4.69) is 10.6 Å². The second kappa shape index (κ2) is 10.1. The van der Waals surface area contributed by atoms with Crippen LogP contribution < -0.4 is 10.6 Å². The minimum atomic E-state index is -0.296. The summed E-state index contributed by atoms with van der Waals surface area (Å²) >= 11 is 0. The van der Waals surface area contributed by atoms with Gasteiger partial charge in [0.05, 0.1) is 17.3 Å². The third-order valence-electron chi connectivity index (χ3n) is 5.83. The minimum absolute atomic E-state index is 0.169. The molecule has 0 saturated carbocycles. The Hall–Kier alpha value is -3.93. The predicted octanol–water partition coefficient (Wildman–Crippen LogP) is 4.55. The van der Waals surface area contributed by atoms with Crippen LogP contribution in [0.2, 0.25) is 0 Å². The molecular weight excluding hydrogens is 414 g/mol. The molecule has 3 aromatic rings. The Kier molecular flexibility index (Phi) is 6.83. The van der Waals surface area contributed by atoms with Crippen LogP contribution >= 0.6 is 0 Å². The van der Waals surface area contributed by atoms with Gasteiger partial charge in [-0.1, -0.05) is 54.6 Å². The Morgan fingerprint density at radius 2 is 1.61 bits per heavy atom. The zero-order chi connectivity index (χ0) is 23.2. The van der Waals surface area contributed by atoms with Gasteiger partial charge in [0.1, 0.15) is 0 Å². The number of carbonyl (C=O) groups excluding carboxylic acids is 3. The van der Waals surface area contributed by atoms with E-state index in [0.29, 0.717) is 29.8 Å². The van der Waals surface area contributed by atoms with Crippen molar-refractivity contribution in [3.8, 4) is 0 Å². The van der Waals surface area contributed by atoms with Crippen molar-refractivity contribution in [1.82, 2.24) is 10.2 Å². The van der Waals surface area contributed by atoms with Gasteiger partial charge in [-0.05, 0) is 48.7 Å². The molecule has 1 saturated heterocycles. The number of hydrogen-bond donors (Lipinski definition) is 2. The van der Waals surface area contributed by atoms with E-state index in [1.165, 1.54) is 0 Å². The van der Waals surface area contributed by atoms with Crippen molar-refractivity contribution in [3.63, 3.8) is 0 Å². The first-order valence-electron chi connectivity index (χ1n) is 11.1. The van der Waals surface area contributed by atoms with Crippen molar-refractivity contribution in [2.45, 2.75) is 32.4 Å². The van der Waals surface area contributed by atoms with Gasteiger partial charge in [-0.3, -0.25) is 14.4 Å². The topological polar surface area (TPSA) is 78.5 Å². The molecule has 3 aromatic carbocycles. The number of para-hydroxylation sites is 1. The van der Waals surface area contributed by atoms with E-state index in [1.54, 1.807) is 36.4 Å². The molecule has 0 aromatic heterocycles. The standard InChI is InChI=1S/C27H27N3O3/c1-19(21-8-3-2-4-9-21)28-27(33)23-10-5-6-11-24(23)29-26(32)22-15-13-20(14-16-22)18-30-17-7-12-25(30)31/h2-6,8-11,13-16,19H,7,12,17-18H2,1H3,(H,28,33)(H,29,32)/t19-/m0/s1. The zero-order valence-electron chi connectivity index (χ0n) is 18.6. The number of likely N-dealkylation sites (tertiary alicyclic amines) is 1. The molecule has 1 atom stereocenters. The lowest BCUT2D eigenvalue weighted by molar-refractivity contribution is -0.128. The van der Waals surface area contributed by atoms with Crippen LogP contribution in [-0.2, 0) is 11.3 Å². The van der Waals surface area contributed by atoms with Crippen LogP contribution in [0.15, 0.2) is 78.9 Å². The normalized spacial score (nSPS) is 14.1. The molecule has 33 heavy (non-hydrogen) atoms. The van der Waals surface area contributed by atoms with Crippen LogP contribution in [0.1, 0.15) is 57.7 Å². The summed E-state index contributed by atoms with van der Waals surface area (Å²) in [5, 5.41) is 5.84. The van der Waals surface area contributed by atoms with Gasteiger partial charge < -0.3 is 15.5 Å². The van der Waals surface area contributed by atoms with Crippen molar-refractivity contribution >= 4 is 23.4 Å². The third kappa shape index (κ3) is 5.47. The SMILES string of the molecule is C[C@H](NC(=O)c1ccccc1NC(=O)c1ccc(CN2CCCC2=O)cc1)c1ccccc1. The van der Waals surface area contributed by atoms with Crippen LogP contribution in [0.4, 0.5) is 5.69 Å². The number of rotatable bonds is 7. The Bertz CT molecular complexity index is 1140. The first kappa shape index (κ1) is 22.3. The fourth-order valence-electron chi connectivity index (χ4n) is 3.94. The number of benzene rings is 3. The average Bonchev–Trinajstić information content (AvgIpc) is 3.24. The van der Waals surface area contributed by atoms with E-state index in [-0.39, 0.29) is 23.8 Å². The van der Waals surface area contributed by atoms with Gasteiger partial charge in [-0.15, -0.1) is 0 Å². The third-order valence-corrected chi connectivity index (χ3v) is 5.83. The van der Waals surface area contributed by atoms with Gasteiger partial charge in [0.2, 0.25) is 5.91 Å². The molecule has 1 heterocycles. The highest BCUT2D eigenvalue weighted by Crippen LogP contribution is 2.20. The minimum Gasteiger partial charge on any atom is -0.345 e. The Morgan fingerprint density at radius 1 is 0.909 bits per heavy atom. The van der Waals surface area contributed by atoms with Gasteiger partial charge in [0.15, 0.2) is 0 Å². The van der Waals surface area contributed by atoms with Gasteiger partial charge >= 0.3 is 0 Å². The fourth-order valence-corrected chi connectivity index (χ4v) is 3.94. The van der Waals surface area contributed by atoms with Gasteiger partial charge in [0, 0.05) is 25.1 Å². The molecule has 4 rings (SSSR count). The molecule has 1 aliphatic heterocycles. The molecule has 0 spiro atoms. The highest BCUT2D eigenvalue weighted by atomic mass is 16.2. The lowest BCUT2D eigenvalue weighted by Gasteiger charge is -2.17. The van der Waals surface area contributed by atoms with Crippen molar-refractivity contribution in [2.75, 3.05) is 11.9 Å². The van der Waals surface area contributed by atoms with Crippen molar-refractivity contribution < 1.29 is 14.4 Å². The zero-order valence-corrected chi connectivity index (χ0v) is 18.6. The first-order valence-corrected chi connectivity index (χ1v) is 11.1. The van der Waals surface area contributed by atoms with E-state index in [1.807, 2.05) is 54.3 Å². The maximum atomic E-state index is 12.9. The van der Waals surface area contributed by atoms with Gasteiger partial charge in [0.25, 0.3) is 11.8 Å². The molecular formula is C27H27N3O3. The van der Waals surface area contributed by atoms with Crippen LogP contribution in [0, 0.1) is 0 Å². The molecule has 0 bridgehead atoms. The molecule has 6 nitrogen and oxygen atoms in total. The molecule has 2 N–H and O–H groups in total. The molecule has 0 radical (unpaired) electrons. The number of anilines is 1. The number of carbonyl (C=O) groups is 3. The smallest absolute Gasteiger partial charge is 0.255 e. The second-order valence-electron chi connectivity index (χ2n) is 8.22. The summed E-state index contributed by atoms with van der Waals surface area (Å²) in [6.45, 7) is 3.26. The van der Waals surface area contributed by atoms with E-state index in [0.717, 1.165) is 24.1 Å². The highest BCUT2D eigenvalue weighted by Gasteiger charge is 2.20. The lowest BCUT2D eigenvalue weighted by Crippen LogP contribution is -2.28. The largest absolute Gasteiger partial charge is 0.345 e. The van der Waals surface area contributed by atoms with E-state index < -0.39 is 0 Å².